The van der Waals surface area contributed by atoms with Gasteiger partial charge >= 0.3 is 0 Å². The lowest BCUT2D eigenvalue weighted by atomic mass is 9.96. The summed E-state index contributed by atoms with van der Waals surface area (Å²) in [5.41, 5.74) is 3.66. The van der Waals surface area contributed by atoms with Crippen LogP contribution in [0, 0.1) is 5.82 Å². The van der Waals surface area contributed by atoms with Crippen LogP contribution in [0.15, 0.2) is 46.9 Å². The fourth-order valence-electron chi connectivity index (χ4n) is 2.86. The number of anilines is 1. The highest BCUT2D eigenvalue weighted by Gasteiger charge is 2.23. The van der Waals surface area contributed by atoms with Gasteiger partial charge in [0, 0.05) is 18.3 Å². The number of fused-ring (bicyclic) bond motifs is 1. The molecule has 2 aromatic rings. The molecular weight excluding hydrogens is 317 g/mol. The molecule has 1 atom stereocenters. The molecule has 1 heterocycles. The number of rotatable bonds is 2. The number of nitrogens with zero attached hydrogens (tertiary/aromatic N) is 1. The maximum Gasteiger partial charge on any atom is 0.137 e. The summed E-state index contributed by atoms with van der Waals surface area (Å²) in [5.74, 6) is -0.194. The molecule has 1 aliphatic heterocycles. The second-order valence-electron chi connectivity index (χ2n) is 5.36. The summed E-state index contributed by atoms with van der Waals surface area (Å²) in [5, 5.41) is 0. The highest BCUT2D eigenvalue weighted by atomic mass is 79.9. The van der Waals surface area contributed by atoms with E-state index in [4.69, 9.17) is 0 Å². The summed E-state index contributed by atoms with van der Waals surface area (Å²) < 4.78 is 14.2. The smallest absolute Gasteiger partial charge is 0.137 e. The molecule has 0 fully saturated rings. The van der Waals surface area contributed by atoms with Gasteiger partial charge < -0.3 is 4.90 Å². The third-order valence-corrected chi connectivity index (χ3v) is 4.92. The van der Waals surface area contributed by atoms with Crippen LogP contribution in [-0.4, -0.2) is 6.04 Å². The lowest BCUT2D eigenvalue weighted by molar-refractivity contribution is 0.556. The lowest BCUT2D eigenvalue weighted by Crippen LogP contribution is -2.36. The predicted molar refractivity (Wildman–Crippen MR) is 84.5 cm³/mol. The van der Waals surface area contributed by atoms with Crippen LogP contribution >= 0.6 is 15.9 Å². The Hall–Kier alpha value is -1.35. The number of halogens is 2. The SMILES string of the molecule is CC1CCc2ccccc2N1Cc1cccc(F)c1Br. The van der Waals surface area contributed by atoms with Crippen molar-refractivity contribution in [2.45, 2.75) is 32.4 Å². The highest BCUT2D eigenvalue weighted by Crippen LogP contribution is 2.33. The summed E-state index contributed by atoms with van der Waals surface area (Å²) >= 11 is 3.37. The number of hydrogen-bond acceptors (Lipinski definition) is 1. The monoisotopic (exact) mass is 333 g/mol. The molecular formula is C17H17BrFN. The maximum absolute atomic E-state index is 13.7. The topological polar surface area (TPSA) is 3.24 Å². The summed E-state index contributed by atoms with van der Waals surface area (Å²) in [7, 11) is 0. The van der Waals surface area contributed by atoms with Crippen LogP contribution in [0.1, 0.15) is 24.5 Å². The molecule has 0 N–H and O–H groups in total. The Labute approximate surface area is 127 Å². The van der Waals surface area contributed by atoms with Crippen LogP contribution in [0.2, 0.25) is 0 Å². The first-order valence-electron chi connectivity index (χ1n) is 6.94. The van der Waals surface area contributed by atoms with Gasteiger partial charge in [-0.05, 0) is 59.0 Å². The average molecular weight is 334 g/mol. The van der Waals surface area contributed by atoms with Crippen LogP contribution in [0.5, 0.6) is 0 Å². The van der Waals surface area contributed by atoms with Crippen LogP contribution in [0.4, 0.5) is 10.1 Å². The van der Waals surface area contributed by atoms with Gasteiger partial charge in [0.2, 0.25) is 0 Å². The van der Waals surface area contributed by atoms with E-state index in [1.54, 1.807) is 6.07 Å². The fraction of sp³-hybridized carbons (Fsp3) is 0.294. The fourth-order valence-corrected chi connectivity index (χ4v) is 3.24. The quantitative estimate of drug-likeness (QED) is 0.753. The Morgan fingerprint density at radius 1 is 1.20 bits per heavy atom. The zero-order chi connectivity index (χ0) is 14.1. The average Bonchev–Trinajstić information content (AvgIpc) is 2.46. The molecule has 1 nitrogen and oxygen atoms in total. The summed E-state index contributed by atoms with van der Waals surface area (Å²) in [4.78, 5) is 2.37. The molecule has 0 amide bonds. The molecule has 104 valence electrons. The van der Waals surface area contributed by atoms with Crippen molar-refractivity contribution < 1.29 is 4.39 Å². The van der Waals surface area contributed by atoms with E-state index >= 15 is 0 Å². The number of para-hydroxylation sites is 1. The Bertz CT molecular complexity index is 626. The third-order valence-electron chi connectivity index (χ3n) is 4.04. The molecule has 20 heavy (non-hydrogen) atoms. The van der Waals surface area contributed by atoms with E-state index in [0.717, 1.165) is 24.9 Å². The van der Waals surface area contributed by atoms with Gasteiger partial charge in [0.25, 0.3) is 0 Å². The van der Waals surface area contributed by atoms with Crippen molar-refractivity contribution in [3.8, 4) is 0 Å². The van der Waals surface area contributed by atoms with Gasteiger partial charge in [-0.25, -0.2) is 4.39 Å². The van der Waals surface area contributed by atoms with Gasteiger partial charge in [-0.2, -0.15) is 0 Å². The first-order valence-corrected chi connectivity index (χ1v) is 7.73. The van der Waals surface area contributed by atoms with Gasteiger partial charge in [-0.1, -0.05) is 30.3 Å². The van der Waals surface area contributed by atoms with Crippen LogP contribution in [0.3, 0.4) is 0 Å². The predicted octanol–water partition coefficient (Wildman–Crippen LogP) is 4.93. The minimum atomic E-state index is -0.194. The maximum atomic E-state index is 13.7. The Kier molecular flexibility index (Phi) is 3.79. The zero-order valence-electron chi connectivity index (χ0n) is 11.4. The molecule has 1 unspecified atom stereocenters. The summed E-state index contributed by atoms with van der Waals surface area (Å²) in [6, 6.07) is 14.2. The van der Waals surface area contributed by atoms with Gasteiger partial charge in [0.15, 0.2) is 0 Å². The van der Waals surface area contributed by atoms with Crippen molar-refractivity contribution in [3.63, 3.8) is 0 Å². The second-order valence-corrected chi connectivity index (χ2v) is 6.15. The normalized spacial score (nSPS) is 17.9. The van der Waals surface area contributed by atoms with E-state index in [9.17, 15) is 4.39 Å². The van der Waals surface area contributed by atoms with Crippen molar-refractivity contribution in [2.24, 2.45) is 0 Å². The first-order chi connectivity index (χ1) is 9.66. The minimum Gasteiger partial charge on any atom is -0.364 e. The molecule has 0 spiro atoms. The Morgan fingerprint density at radius 2 is 2.00 bits per heavy atom. The van der Waals surface area contributed by atoms with E-state index in [2.05, 4.69) is 52.0 Å². The summed E-state index contributed by atoms with van der Waals surface area (Å²) in [6.07, 6.45) is 2.27. The standard InChI is InChI=1S/C17H17BrFN/c1-12-9-10-13-5-2-3-8-16(13)20(12)11-14-6-4-7-15(19)17(14)18/h2-8,12H,9-11H2,1H3. The Morgan fingerprint density at radius 3 is 2.85 bits per heavy atom. The molecule has 1 aliphatic rings. The van der Waals surface area contributed by atoms with Gasteiger partial charge in [-0.3, -0.25) is 0 Å². The third kappa shape index (κ3) is 2.47. The van der Waals surface area contributed by atoms with Gasteiger partial charge in [0.1, 0.15) is 5.82 Å². The Balaban J connectivity index is 1.96. The largest absolute Gasteiger partial charge is 0.364 e. The molecule has 0 bridgehead atoms. The van der Waals surface area contributed by atoms with Crippen LogP contribution in [0.25, 0.3) is 0 Å². The lowest BCUT2D eigenvalue weighted by Gasteiger charge is -2.37. The summed E-state index contributed by atoms with van der Waals surface area (Å²) in [6.45, 7) is 2.97. The molecule has 3 rings (SSSR count). The van der Waals surface area contributed by atoms with Crippen molar-refractivity contribution in [1.82, 2.24) is 0 Å². The van der Waals surface area contributed by atoms with E-state index < -0.39 is 0 Å². The van der Waals surface area contributed by atoms with Gasteiger partial charge in [0.05, 0.1) is 4.47 Å². The van der Waals surface area contributed by atoms with E-state index in [1.165, 1.54) is 17.3 Å². The molecule has 0 saturated carbocycles. The van der Waals surface area contributed by atoms with Crippen molar-refractivity contribution in [3.05, 3.63) is 63.9 Å². The van der Waals surface area contributed by atoms with E-state index in [0.29, 0.717) is 10.5 Å². The van der Waals surface area contributed by atoms with Crippen molar-refractivity contribution >= 4 is 21.6 Å². The van der Waals surface area contributed by atoms with Crippen LogP contribution < -0.4 is 4.90 Å². The first kappa shape index (κ1) is 13.6. The highest BCUT2D eigenvalue weighted by molar-refractivity contribution is 9.10. The molecule has 0 saturated heterocycles. The number of hydrogen-bond donors (Lipinski definition) is 0. The van der Waals surface area contributed by atoms with E-state index in [1.807, 2.05) is 6.07 Å². The molecule has 3 heteroatoms. The van der Waals surface area contributed by atoms with Crippen LogP contribution in [-0.2, 0) is 13.0 Å². The second kappa shape index (κ2) is 5.57. The van der Waals surface area contributed by atoms with Gasteiger partial charge in [-0.15, -0.1) is 0 Å². The zero-order valence-corrected chi connectivity index (χ0v) is 13.0. The van der Waals surface area contributed by atoms with E-state index in [-0.39, 0.29) is 5.82 Å². The van der Waals surface area contributed by atoms with Crippen molar-refractivity contribution in [2.75, 3.05) is 4.90 Å². The number of aryl methyl sites for hydroxylation is 1. The molecule has 2 aromatic carbocycles. The molecule has 0 aliphatic carbocycles. The number of benzene rings is 2. The molecule has 0 aromatic heterocycles. The minimum absolute atomic E-state index is 0.194. The van der Waals surface area contributed by atoms with Crippen molar-refractivity contribution in [1.29, 1.82) is 0 Å². The molecule has 0 radical (unpaired) electrons.